The van der Waals surface area contributed by atoms with Gasteiger partial charge in [0.25, 0.3) is 0 Å². The van der Waals surface area contributed by atoms with E-state index in [1.807, 2.05) is 0 Å². The summed E-state index contributed by atoms with van der Waals surface area (Å²) in [4.78, 5) is 19.0. The minimum absolute atomic E-state index is 0.267. The number of hydrogen-bond acceptors (Lipinski definition) is 6. The fourth-order valence-corrected chi connectivity index (χ4v) is 0.598. The van der Waals surface area contributed by atoms with Crippen LogP contribution < -0.4 is 5.73 Å². The largest absolute Gasteiger partial charge is 0.475 e. The smallest absolute Gasteiger partial charge is 0.390 e. The normalized spacial score (nSPS) is 9.55. The molecule has 58 valence electrons. The number of aromatic nitrogens is 3. The summed E-state index contributed by atoms with van der Waals surface area (Å²) in [6.45, 7) is 0. The maximum absolute atomic E-state index is 10.0. The van der Waals surface area contributed by atoms with Crippen molar-refractivity contribution in [3.05, 3.63) is 15.4 Å². The average molecular weight is 176 g/mol. The molecule has 0 saturated heterocycles. The standard InChI is InChI=1S/C3H2ClN5O2/c4-1-6-2(5)8-3(7-1)9(10)11/h(H2,5,6,7,8). The molecule has 2 N–H and O–H groups in total. The van der Waals surface area contributed by atoms with E-state index in [1.54, 1.807) is 0 Å². The first-order valence-electron chi connectivity index (χ1n) is 2.41. The third-order valence-electron chi connectivity index (χ3n) is 0.777. The van der Waals surface area contributed by atoms with E-state index in [1.165, 1.54) is 0 Å². The van der Waals surface area contributed by atoms with Crippen LogP contribution in [-0.2, 0) is 0 Å². The van der Waals surface area contributed by atoms with Gasteiger partial charge >= 0.3 is 17.2 Å². The maximum atomic E-state index is 10.0. The van der Waals surface area contributed by atoms with Crippen LogP contribution in [0.5, 0.6) is 0 Å². The number of hydrogen-bond donors (Lipinski definition) is 1. The van der Waals surface area contributed by atoms with Gasteiger partial charge in [-0.2, -0.15) is 4.98 Å². The zero-order valence-electron chi connectivity index (χ0n) is 5.06. The van der Waals surface area contributed by atoms with Crippen LogP contribution in [0.4, 0.5) is 11.9 Å². The zero-order chi connectivity index (χ0) is 8.43. The Morgan fingerprint density at radius 3 is 2.55 bits per heavy atom. The molecule has 0 saturated carbocycles. The van der Waals surface area contributed by atoms with Crippen molar-refractivity contribution in [2.45, 2.75) is 0 Å². The van der Waals surface area contributed by atoms with Gasteiger partial charge in [0.1, 0.15) is 0 Å². The number of nitrogens with zero attached hydrogens (tertiary/aromatic N) is 4. The molecule has 1 aromatic rings. The molecule has 1 aromatic heterocycles. The summed E-state index contributed by atoms with van der Waals surface area (Å²) in [5.74, 6) is -0.917. The molecule has 8 heteroatoms. The van der Waals surface area contributed by atoms with Crippen molar-refractivity contribution in [1.29, 1.82) is 0 Å². The van der Waals surface area contributed by atoms with Crippen molar-refractivity contribution in [2.75, 3.05) is 5.73 Å². The van der Waals surface area contributed by atoms with E-state index in [9.17, 15) is 10.1 Å². The number of nitrogen functional groups attached to an aromatic ring is 1. The summed E-state index contributed by atoms with van der Waals surface area (Å²) in [5, 5.41) is 9.76. The van der Waals surface area contributed by atoms with Gasteiger partial charge in [0, 0.05) is 0 Å². The minimum atomic E-state index is -0.802. The molecule has 0 spiro atoms. The van der Waals surface area contributed by atoms with E-state index < -0.39 is 10.9 Å². The number of halogens is 1. The van der Waals surface area contributed by atoms with Crippen molar-refractivity contribution in [3.63, 3.8) is 0 Å². The molecular weight excluding hydrogens is 174 g/mol. The van der Waals surface area contributed by atoms with Crippen molar-refractivity contribution in [1.82, 2.24) is 15.0 Å². The van der Waals surface area contributed by atoms with Gasteiger partial charge in [-0.1, -0.05) is 0 Å². The van der Waals surface area contributed by atoms with Crippen molar-refractivity contribution >= 4 is 23.5 Å². The summed E-state index contributed by atoms with van der Waals surface area (Å²) in [6, 6.07) is 0. The molecular formula is C3H2ClN5O2. The Balaban J connectivity index is 3.19. The SMILES string of the molecule is Nc1nc(Cl)nc([N+](=O)[O-])n1. The topological polar surface area (TPSA) is 108 Å². The second-order valence-corrected chi connectivity index (χ2v) is 1.86. The summed E-state index contributed by atoms with van der Waals surface area (Å²) in [5.41, 5.74) is 5.05. The van der Waals surface area contributed by atoms with Crippen molar-refractivity contribution in [2.24, 2.45) is 0 Å². The van der Waals surface area contributed by atoms with Crippen LogP contribution in [0.3, 0.4) is 0 Å². The molecule has 0 unspecified atom stereocenters. The highest BCUT2D eigenvalue weighted by atomic mass is 35.5. The van der Waals surface area contributed by atoms with Crippen molar-refractivity contribution < 1.29 is 4.92 Å². The van der Waals surface area contributed by atoms with Crippen molar-refractivity contribution in [3.8, 4) is 0 Å². The zero-order valence-corrected chi connectivity index (χ0v) is 5.82. The van der Waals surface area contributed by atoms with E-state index in [0.29, 0.717) is 0 Å². The quantitative estimate of drug-likeness (QED) is 0.476. The molecule has 0 aliphatic rings. The fraction of sp³-hybridized carbons (Fsp3) is 0. The lowest BCUT2D eigenvalue weighted by atomic mass is 10.9. The lowest BCUT2D eigenvalue weighted by Crippen LogP contribution is -2.02. The predicted octanol–water partition coefficient (Wildman–Crippen LogP) is 0.0154. The molecule has 0 atom stereocenters. The van der Waals surface area contributed by atoms with Gasteiger partial charge in [-0.3, -0.25) is 0 Å². The number of nitrogens with two attached hydrogens (primary N) is 1. The van der Waals surface area contributed by atoms with Gasteiger partial charge in [0.2, 0.25) is 0 Å². The molecule has 0 amide bonds. The van der Waals surface area contributed by atoms with E-state index >= 15 is 0 Å². The predicted molar refractivity (Wildman–Crippen MR) is 35.9 cm³/mol. The second-order valence-electron chi connectivity index (χ2n) is 1.52. The van der Waals surface area contributed by atoms with E-state index in [4.69, 9.17) is 17.3 Å². The maximum Gasteiger partial charge on any atom is 0.475 e. The summed E-state index contributed by atoms with van der Waals surface area (Å²) in [7, 11) is 0. The van der Waals surface area contributed by atoms with Gasteiger partial charge in [0.15, 0.2) is 0 Å². The lowest BCUT2D eigenvalue weighted by Gasteiger charge is -1.90. The van der Waals surface area contributed by atoms with E-state index in [-0.39, 0.29) is 11.2 Å². The van der Waals surface area contributed by atoms with Gasteiger partial charge in [-0.25, -0.2) is 0 Å². The monoisotopic (exact) mass is 175 g/mol. The van der Waals surface area contributed by atoms with Gasteiger partial charge in [0.05, 0.1) is 0 Å². The molecule has 0 bridgehead atoms. The van der Waals surface area contributed by atoms with Crippen LogP contribution >= 0.6 is 11.6 Å². The first-order valence-corrected chi connectivity index (χ1v) is 2.79. The molecule has 7 nitrogen and oxygen atoms in total. The molecule has 0 radical (unpaired) electrons. The number of nitro groups is 1. The van der Waals surface area contributed by atoms with Crippen LogP contribution in [0.1, 0.15) is 0 Å². The Hall–Kier alpha value is -1.50. The van der Waals surface area contributed by atoms with Crippen LogP contribution in [0, 0.1) is 10.1 Å². The summed E-state index contributed by atoms with van der Waals surface area (Å²) in [6.07, 6.45) is 0. The molecule has 1 rings (SSSR count). The van der Waals surface area contributed by atoms with Crippen LogP contribution in [0.2, 0.25) is 5.28 Å². The highest BCUT2D eigenvalue weighted by Gasteiger charge is 2.13. The molecule has 0 aliphatic carbocycles. The van der Waals surface area contributed by atoms with Crippen LogP contribution in [0.25, 0.3) is 0 Å². The number of rotatable bonds is 1. The third-order valence-corrected chi connectivity index (χ3v) is 0.946. The Morgan fingerprint density at radius 2 is 2.09 bits per heavy atom. The van der Waals surface area contributed by atoms with Gasteiger partial charge < -0.3 is 15.8 Å². The highest BCUT2D eigenvalue weighted by molar-refractivity contribution is 6.28. The second kappa shape index (κ2) is 2.62. The minimum Gasteiger partial charge on any atom is -0.390 e. The Morgan fingerprint density at radius 1 is 1.45 bits per heavy atom. The third kappa shape index (κ3) is 1.71. The Bertz CT molecular complexity index is 282. The van der Waals surface area contributed by atoms with Gasteiger partial charge in [-0.15, -0.1) is 0 Å². The molecule has 0 aromatic carbocycles. The highest BCUT2D eigenvalue weighted by Crippen LogP contribution is 2.07. The lowest BCUT2D eigenvalue weighted by molar-refractivity contribution is -0.394. The first kappa shape index (κ1) is 7.61. The van der Waals surface area contributed by atoms with E-state index in [0.717, 1.165) is 0 Å². The van der Waals surface area contributed by atoms with Crippen LogP contribution in [-0.4, -0.2) is 19.9 Å². The summed E-state index contributed by atoms with van der Waals surface area (Å²) < 4.78 is 0. The van der Waals surface area contributed by atoms with Gasteiger partial charge in [-0.05, 0) is 26.5 Å². The molecule has 1 heterocycles. The number of anilines is 1. The summed E-state index contributed by atoms with van der Waals surface area (Å²) >= 11 is 5.25. The molecule has 0 aliphatic heterocycles. The van der Waals surface area contributed by atoms with E-state index in [2.05, 4.69) is 15.0 Å². The molecule has 11 heavy (non-hydrogen) atoms. The fourth-order valence-electron chi connectivity index (χ4n) is 0.436. The van der Waals surface area contributed by atoms with Crippen LogP contribution in [0.15, 0.2) is 0 Å². The first-order chi connectivity index (χ1) is 5.09. The Labute approximate surface area is 65.4 Å². The molecule has 0 fully saturated rings. The average Bonchev–Trinajstić information content (AvgIpc) is 1.85. The Kier molecular flexibility index (Phi) is 1.81.